The molecule has 0 aliphatic rings. The number of rotatable bonds is 10. The minimum atomic E-state index is -0.373. The first-order chi connectivity index (χ1) is 10.2. The molecule has 1 aromatic carbocycles. The van der Waals surface area contributed by atoms with Gasteiger partial charge >= 0.3 is 0 Å². The van der Waals surface area contributed by atoms with Gasteiger partial charge in [0, 0.05) is 12.8 Å². The Morgan fingerprint density at radius 1 is 0.952 bits per heavy atom. The van der Waals surface area contributed by atoms with Gasteiger partial charge in [0.15, 0.2) is 0 Å². The third-order valence-corrected chi connectivity index (χ3v) is 2.95. The summed E-state index contributed by atoms with van der Waals surface area (Å²) in [5, 5.41) is 8.31. The predicted octanol–water partition coefficient (Wildman–Crippen LogP) is 2.08. The van der Waals surface area contributed by atoms with E-state index in [1.807, 2.05) is 30.3 Å². The summed E-state index contributed by atoms with van der Waals surface area (Å²) in [5.41, 5.74) is 5.00. The van der Waals surface area contributed by atoms with Crippen LogP contribution in [0.25, 0.3) is 0 Å². The quantitative estimate of drug-likeness (QED) is 0.350. The predicted molar refractivity (Wildman–Crippen MR) is 77.0 cm³/mol. The number of hydrogen-bond donors (Lipinski definition) is 3. The number of nitrogens with one attached hydrogen (secondary N) is 2. The Labute approximate surface area is 124 Å². The average Bonchev–Trinajstić information content (AvgIpc) is 2.51. The van der Waals surface area contributed by atoms with Gasteiger partial charge in [-0.05, 0) is 18.4 Å². The second-order valence-electron chi connectivity index (χ2n) is 4.75. The monoisotopic (exact) mass is 294 g/mol. The van der Waals surface area contributed by atoms with E-state index in [1.54, 1.807) is 5.48 Å². The van der Waals surface area contributed by atoms with E-state index in [0.717, 1.165) is 24.8 Å². The van der Waals surface area contributed by atoms with E-state index < -0.39 is 0 Å². The molecule has 2 amide bonds. The normalized spacial score (nSPS) is 10.1. The molecule has 0 unspecified atom stereocenters. The van der Waals surface area contributed by atoms with Crippen LogP contribution in [0.4, 0.5) is 0 Å². The average molecular weight is 294 g/mol. The molecule has 6 heteroatoms. The summed E-state index contributed by atoms with van der Waals surface area (Å²) in [6, 6.07) is 9.60. The first kappa shape index (κ1) is 17.1. The van der Waals surface area contributed by atoms with Crippen LogP contribution in [0.2, 0.25) is 0 Å². The maximum absolute atomic E-state index is 11.5. The molecule has 0 aromatic heterocycles. The highest BCUT2D eigenvalue weighted by molar-refractivity contribution is 5.74. The highest BCUT2D eigenvalue weighted by Gasteiger charge is 2.02. The topological polar surface area (TPSA) is 87.7 Å². The highest BCUT2D eigenvalue weighted by Crippen LogP contribution is 2.05. The maximum Gasteiger partial charge on any atom is 0.243 e. The fraction of sp³-hybridized carbons (Fsp3) is 0.467. The fourth-order valence-electron chi connectivity index (χ4n) is 1.81. The number of carbonyl (C=O) groups excluding carboxylic acids is 2. The summed E-state index contributed by atoms with van der Waals surface area (Å²) in [6.45, 7) is 0.350. The molecule has 0 saturated heterocycles. The molecule has 0 atom stereocenters. The van der Waals surface area contributed by atoms with Gasteiger partial charge in [0.2, 0.25) is 11.8 Å². The zero-order valence-electron chi connectivity index (χ0n) is 12.0. The van der Waals surface area contributed by atoms with Crippen molar-refractivity contribution in [1.82, 2.24) is 11.0 Å². The van der Waals surface area contributed by atoms with Crippen LogP contribution >= 0.6 is 0 Å². The second-order valence-corrected chi connectivity index (χ2v) is 4.75. The van der Waals surface area contributed by atoms with Gasteiger partial charge in [0.1, 0.15) is 0 Å². The molecule has 3 N–H and O–H groups in total. The van der Waals surface area contributed by atoms with Gasteiger partial charge in [-0.25, -0.2) is 11.0 Å². The number of hydroxylamine groups is 2. The van der Waals surface area contributed by atoms with Gasteiger partial charge in [0.25, 0.3) is 0 Å². The van der Waals surface area contributed by atoms with Crippen molar-refractivity contribution in [3.63, 3.8) is 0 Å². The molecular formula is C15H22N2O4. The van der Waals surface area contributed by atoms with Gasteiger partial charge in [-0.15, -0.1) is 0 Å². The van der Waals surface area contributed by atoms with E-state index in [0.29, 0.717) is 25.9 Å². The summed E-state index contributed by atoms with van der Waals surface area (Å²) in [6.07, 6.45) is 3.89. The van der Waals surface area contributed by atoms with Crippen LogP contribution < -0.4 is 11.0 Å². The largest absolute Gasteiger partial charge is 0.289 e. The van der Waals surface area contributed by atoms with Crippen LogP contribution in [0.15, 0.2) is 30.3 Å². The lowest BCUT2D eigenvalue weighted by molar-refractivity contribution is -0.134. The van der Waals surface area contributed by atoms with Crippen molar-refractivity contribution in [3.05, 3.63) is 35.9 Å². The number of carbonyl (C=O) groups is 2. The van der Waals surface area contributed by atoms with E-state index in [1.165, 1.54) is 0 Å². The van der Waals surface area contributed by atoms with Gasteiger partial charge in [-0.3, -0.25) is 19.6 Å². The van der Waals surface area contributed by atoms with E-state index in [4.69, 9.17) is 10.0 Å². The standard InChI is InChI=1S/C15H22N2O4/c18-14(16-20)10-6-1-2-7-11-15(19)17-21-12-13-8-4-3-5-9-13/h3-5,8-9,20H,1-2,6-7,10-12H2,(H,16,18)(H,17,19). The molecule has 0 radical (unpaired) electrons. The number of amides is 2. The number of benzene rings is 1. The second kappa shape index (κ2) is 10.8. The molecular weight excluding hydrogens is 272 g/mol. The fourth-order valence-corrected chi connectivity index (χ4v) is 1.81. The van der Waals surface area contributed by atoms with Gasteiger partial charge in [-0.1, -0.05) is 43.2 Å². The minimum Gasteiger partial charge on any atom is -0.289 e. The lowest BCUT2D eigenvalue weighted by Crippen LogP contribution is -2.23. The Morgan fingerprint density at radius 3 is 2.19 bits per heavy atom. The van der Waals surface area contributed by atoms with Crippen LogP contribution in [0.5, 0.6) is 0 Å². The summed E-state index contributed by atoms with van der Waals surface area (Å²) in [5.74, 6) is -0.513. The molecule has 1 aromatic rings. The Kier molecular flexibility index (Phi) is 8.83. The Balaban J connectivity index is 1.95. The third kappa shape index (κ3) is 8.78. The van der Waals surface area contributed by atoms with Crippen molar-refractivity contribution in [3.8, 4) is 0 Å². The summed E-state index contributed by atoms with van der Waals surface area (Å²) in [7, 11) is 0. The third-order valence-electron chi connectivity index (χ3n) is 2.95. The number of hydrogen-bond acceptors (Lipinski definition) is 4. The lowest BCUT2D eigenvalue weighted by atomic mass is 10.1. The first-order valence-corrected chi connectivity index (χ1v) is 7.10. The van der Waals surface area contributed by atoms with Crippen LogP contribution in [0.3, 0.4) is 0 Å². The SMILES string of the molecule is O=C(CCCCCCC(=O)NOCc1ccccc1)NO. The molecule has 0 heterocycles. The summed E-state index contributed by atoms with van der Waals surface area (Å²) >= 11 is 0. The van der Waals surface area contributed by atoms with Gasteiger partial charge in [0.05, 0.1) is 6.61 Å². The molecule has 116 valence electrons. The lowest BCUT2D eigenvalue weighted by Gasteiger charge is -2.06. The molecule has 0 saturated carbocycles. The smallest absolute Gasteiger partial charge is 0.243 e. The Morgan fingerprint density at radius 2 is 1.57 bits per heavy atom. The van der Waals surface area contributed by atoms with Gasteiger partial charge < -0.3 is 0 Å². The summed E-state index contributed by atoms with van der Waals surface area (Å²) in [4.78, 5) is 27.4. The number of unbranched alkanes of at least 4 members (excludes halogenated alkanes) is 3. The van der Waals surface area contributed by atoms with E-state index in [9.17, 15) is 9.59 Å². The van der Waals surface area contributed by atoms with Gasteiger partial charge in [-0.2, -0.15) is 0 Å². The van der Waals surface area contributed by atoms with Crippen molar-refractivity contribution >= 4 is 11.8 Å². The zero-order valence-corrected chi connectivity index (χ0v) is 12.0. The molecule has 0 fully saturated rings. The molecule has 0 bridgehead atoms. The van der Waals surface area contributed by atoms with Crippen LogP contribution in [-0.2, 0) is 21.0 Å². The molecule has 0 spiro atoms. The van der Waals surface area contributed by atoms with Crippen molar-refractivity contribution in [1.29, 1.82) is 0 Å². The van der Waals surface area contributed by atoms with Crippen molar-refractivity contribution in [2.75, 3.05) is 0 Å². The Bertz CT molecular complexity index is 423. The molecule has 1 rings (SSSR count). The van der Waals surface area contributed by atoms with Crippen LogP contribution in [0, 0.1) is 0 Å². The highest BCUT2D eigenvalue weighted by atomic mass is 16.6. The minimum absolute atomic E-state index is 0.140. The summed E-state index contributed by atoms with van der Waals surface area (Å²) < 4.78 is 0. The van der Waals surface area contributed by atoms with Crippen LogP contribution in [0.1, 0.15) is 44.1 Å². The van der Waals surface area contributed by atoms with Crippen LogP contribution in [-0.4, -0.2) is 17.0 Å². The van der Waals surface area contributed by atoms with Crippen molar-refractivity contribution < 1.29 is 19.6 Å². The van der Waals surface area contributed by atoms with Crippen molar-refractivity contribution in [2.45, 2.75) is 45.1 Å². The first-order valence-electron chi connectivity index (χ1n) is 7.10. The maximum atomic E-state index is 11.5. The van der Waals surface area contributed by atoms with E-state index >= 15 is 0 Å². The molecule has 0 aliphatic heterocycles. The molecule has 6 nitrogen and oxygen atoms in total. The van der Waals surface area contributed by atoms with E-state index in [-0.39, 0.29) is 11.8 Å². The van der Waals surface area contributed by atoms with E-state index in [2.05, 4.69) is 5.48 Å². The van der Waals surface area contributed by atoms with Crippen molar-refractivity contribution in [2.24, 2.45) is 0 Å². The Hall–Kier alpha value is -1.92. The molecule has 21 heavy (non-hydrogen) atoms. The zero-order chi connectivity index (χ0) is 15.3. The molecule has 0 aliphatic carbocycles.